The van der Waals surface area contributed by atoms with Crippen molar-refractivity contribution in [3.63, 3.8) is 0 Å². The molecule has 0 saturated carbocycles. The summed E-state index contributed by atoms with van der Waals surface area (Å²) in [5, 5.41) is 2.94. The Labute approximate surface area is 143 Å². The van der Waals surface area contributed by atoms with Crippen LogP contribution in [0, 0.1) is 11.7 Å². The SMILES string of the molecule is CC(=O)N1CCC(CC(=O)NCC(C)(C)c2ccccc2F)CC1. The fraction of sp³-hybridized carbons (Fsp3) is 0.579. The van der Waals surface area contributed by atoms with E-state index in [1.165, 1.54) is 6.07 Å². The van der Waals surface area contributed by atoms with E-state index >= 15 is 0 Å². The van der Waals surface area contributed by atoms with Gasteiger partial charge >= 0.3 is 0 Å². The fourth-order valence-electron chi connectivity index (χ4n) is 3.21. The highest BCUT2D eigenvalue weighted by molar-refractivity contribution is 5.76. The minimum Gasteiger partial charge on any atom is -0.355 e. The van der Waals surface area contributed by atoms with Gasteiger partial charge in [-0.2, -0.15) is 0 Å². The third kappa shape index (κ3) is 4.79. The first-order valence-corrected chi connectivity index (χ1v) is 8.57. The Kier molecular flexibility index (Phi) is 5.97. The van der Waals surface area contributed by atoms with Crippen LogP contribution in [-0.2, 0) is 15.0 Å². The van der Waals surface area contributed by atoms with Crippen molar-refractivity contribution in [3.8, 4) is 0 Å². The van der Waals surface area contributed by atoms with Crippen molar-refractivity contribution in [1.29, 1.82) is 0 Å². The Morgan fingerprint density at radius 2 is 1.88 bits per heavy atom. The van der Waals surface area contributed by atoms with Gasteiger partial charge in [0, 0.05) is 38.4 Å². The Morgan fingerprint density at radius 1 is 1.25 bits per heavy atom. The lowest BCUT2D eigenvalue weighted by Gasteiger charge is -2.31. The van der Waals surface area contributed by atoms with Gasteiger partial charge < -0.3 is 10.2 Å². The molecular formula is C19H27FN2O2. The number of amides is 2. The zero-order valence-corrected chi connectivity index (χ0v) is 14.8. The molecule has 1 aliphatic rings. The molecule has 0 unspecified atom stereocenters. The standard InChI is InChI=1S/C19H27FN2O2/c1-14(23)22-10-8-15(9-11-22)12-18(24)21-13-19(2,3)16-6-4-5-7-17(16)20/h4-7,15H,8-13H2,1-3H3,(H,21,24). The fourth-order valence-corrected chi connectivity index (χ4v) is 3.21. The van der Waals surface area contributed by atoms with E-state index in [0.29, 0.717) is 24.4 Å². The van der Waals surface area contributed by atoms with Gasteiger partial charge in [-0.05, 0) is 30.4 Å². The predicted molar refractivity (Wildman–Crippen MR) is 92.0 cm³/mol. The molecule has 0 spiro atoms. The molecule has 132 valence electrons. The number of benzene rings is 1. The lowest BCUT2D eigenvalue weighted by atomic mass is 9.84. The van der Waals surface area contributed by atoms with E-state index in [4.69, 9.17) is 0 Å². The molecule has 24 heavy (non-hydrogen) atoms. The summed E-state index contributed by atoms with van der Waals surface area (Å²) in [5.74, 6) is 0.177. The molecule has 0 atom stereocenters. The van der Waals surface area contributed by atoms with E-state index in [9.17, 15) is 14.0 Å². The van der Waals surface area contributed by atoms with Crippen LogP contribution in [0.2, 0.25) is 0 Å². The molecule has 0 bridgehead atoms. The second-order valence-corrected chi connectivity index (χ2v) is 7.29. The zero-order chi connectivity index (χ0) is 17.7. The summed E-state index contributed by atoms with van der Waals surface area (Å²) in [6.45, 7) is 7.30. The van der Waals surface area contributed by atoms with Gasteiger partial charge in [-0.15, -0.1) is 0 Å². The number of rotatable bonds is 5. The molecule has 4 nitrogen and oxygen atoms in total. The largest absolute Gasteiger partial charge is 0.355 e. The molecule has 1 saturated heterocycles. The maximum atomic E-state index is 13.9. The average Bonchev–Trinajstić information content (AvgIpc) is 2.54. The van der Waals surface area contributed by atoms with Crippen molar-refractivity contribution in [1.82, 2.24) is 10.2 Å². The van der Waals surface area contributed by atoms with Crippen molar-refractivity contribution in [2.45, 2.75) is 45.4 Å². The van der Waals surface area contributed by atoms with Crippen LogP contribution in [0.3, 0.4) is 0 Å². The second kappa shape index (κ2) is 7.77. The van der Waals surface area contributed by atoms with Gasteiger partial charge in [0.25, 0.3) is 0 Å². The maximum Gasteiger partial charge on any atom is 0.220 e. The molecule has 1 N–H and O–H groups in total. The molecule has 1 aromatic rings. The van der Waals surface area contributed by atoms with Crippen molar-refractivity contribution in [3.05, 3.63) is 35.6 Å². The third-order valence-electron chi connectivity index (χ3n) is 4.86. The molecule has 1 fully saturated rings. The quantitative estimate of drug-likeness (QED) is 0.900. The minimum atomic E-state index is -0.459. The zero-order valence-electron chi connectivity index (χ0n) is 14.8. The van der Waals surface area contributed by atoms with Gasteiger partial charge in [-0.1, -0.05) is 32.0 Å². The predicted octanol–water partition coefficient (Wildman–Crippen LogP) is 2.87. The smallest absolute Gasteiger partial charge is 0.220 e. The van der Waals surface area contributed by atoms with Crippen LogP contribution in [0.1, 0.15) is 45.6 Å². The highest BCUT2D eigenvalue weighted by atomic mass is 19.1. The van der Waals surface area contributed by atoms with Crippen molar-refractivity contribution < 1.29 is 14.0 Å². The topological polar surface area (TPSA) is 49.4 Å². The Hall–Kier alpha value is -1.91. The van der Waals surface area contributed by atoms with Crippen molar-refractivity contribution in [2.24, 2.45) is 5.92 Å². The molecule has 2 rings (SSSR count). The summed E-state index contributed by atoms with van der Waals surface area (Å²) in [4.78, 5) is 25.4. The summed E-state index contributed by atoms with van der Waals surface area (Å²) in [6.07, 6.45) is 2.20. The van der Waals surface area contributed by atoms with Gasteiger partial charge in [0.2, 0.25) is 11.8 Å². The summed E-state index contributed by atoms with van der Waals surface area (Å²) < 4.78 is 13.9. The lowest BCUT2D eigenvalue weighted by molar-refractivity contribution is -0.130. The van der Waals surface area contributed by atoms with Gasteiger partial charge in [0.05, 0.1) is 0 Å². The third-order valence-corrected chi connectivity index (χ3v) is 4.86. The van der Waals surface area contributed by atoms with Crippen LogP contribution >= 0.6 is 0 Å². The van der Waals surface area contributed by atoms with E-state index < -0.39 is 5.41 Å². The number of carbonyl (C=O) groups excluding carboxylic acids is 2. The highest BCUT2D eigenvalue weighted by Crippen LogP contribution is 2.25. The molecule has 2 amide bonds. The summed E-state index contributed by atoms with van der Waals surface area (Å²) in [5.41, 5.74) is 0.152. The number of hydrogen-bond donors (Lipinski definition) is 1. The summed E-state index contributed by atoms with van der Waals surface area (Å²) in [7, 11) is 0. The molecule has 5 heteroatoms. The normalized spacial score (nSPS) is 16.1. The first-order chi connectivity index (χ1) is 11.3. The average molecular weight is 334 g/mol. The van der Waals surface area contributed by atoms with Crippen LogP contribution in [0.4, 0.5) is 4.39 Å². The number of carbonyl (C=O) groups is 2. The van der Waals surface area contributed by atoms with Crippen molar-refractivity contribution >= 4 is 11.8 Å². The van der Waals surface area contributed by atoms with Crippen molar-refractivity contribution in [2.75, 3.05) is 19.6 Å². The number of halogens is 1. The molecule has 1 aliphatic heterocycles. The monoisotopic (exact) mass is 334 g/mol. The van der Waals surface area contributed by atoms with Gasteiger partial charge in [0.15, 0.2) is 0 Å². The van der Waals surface area contributed by atoms with Crippen LogP contribution in [0.15, 0.2) is 24.3 Å². The second-order valence-electron chi connectivity index (χ2n) is 7.29. The maximum absolute atomic E-state index is 13.9. The lowest BCUT2D eigenvalue weighted by Crippen LogP contribution is -2.40. The van der Waals surface area contributed by atoms with E-state index in [1.807, 2.05) is 24.8 Å². The molecule has 0 aromatic heterocycles. The summed E-state index contributed by atoms with van der Waals surface area (Å²) >= 11 is 0. The Bertz CT molecular complexity index is 593. The molecule has 0 radical (unpaired) electrons. The first kappa shape index (κ1) is 18.4. The highest BCUT2D eigenvalue weighted by Gasteiger charge is 2.26. The number of hydrogen-bond acceptors (Lipinski definition) is 2. The number of nitrogens with one attached hydrogen (secondary N) is 1. The van der Waals surface area contributed by atoms with Crippen LogP contribution in [-0.4, -0.2) is 36.3 Å². The van der Waals surface area contributed by atoms with Crippen LogP contribution < -0.4 is 5.32 Å². The Morgan fingerprint density at radius 3 is 2.46 bits per heavy atom. The number of piperidine rings is 1. The minimum absolute atomic E-state index is 0.000638. The van der Waals surface area contributed by atoms with E-state index in [-0.39, 0.29) is 17.6 Å². The van der Waals surface area contributed by atoms with Crippen LogP contribution in [0.5, 0.6) is 0 Å². The van der Waals surface area contributed by atoms with E-state index in [2.05, 4.69) is 5.32 Å². The van der Waals surface area contributed by atoms with Gasteiger partial charge in [0.1, 0.15) is 5.82 Å². The number of nitrogens with zero attached hydrogens (tertiary/aromatic N) is 1. The molecule has 1 aromatic carbocycles. The Balaban J connectivity index is 1.81. The van der Waals surface area contributed by atoms with Crippen LogP contribution in [0.25, 0.3) is 0 Å². The van der Waals surface area contributed by atoms with E-state index in [1.54, 1.807) is 19.1 Å². The molecular weight excluding hydrogens is 307 g/mol. The number of likely N-dealkylation sites (tertiary alicyclic amines) is 1. The molecule has 1 heterocycles. The first-order valence-electron chi connectivity index (χ1n) is 8.57. The van der Waals surface area contributed by atoms with Gasteiger partial charge in [-0.3, -0.25) is 9.59 Å². The van der Waals surface area contributed by atoms with Gasteiger partial charge in [-0.25, -0.2) is 4.39 Å². The molecule has 0 aliphatic carbocycles. The summed E-state index contributed by atoms with van der Waals surface area (Å²) in [6, 6.07) is 6.69. The van der Waals surface area contributed by atoms with E-state index in [0.717, 1.165) is 25.9 Å².